The van der Waals surface area contributed by atoms with Crippen LogP contribution < -0.4 is 15.2 Å². The van der Waals surface area contributed by atoms with Crippen LogP contribution in [0.15, 0.2) is 12.1 Å². The van der Waals surface area contributed by atoms with Gasteiger partial charge in [0.25, 0.3) is 0 Å². The largest absolute Gasteiger partial charge is 0.493 e. The van der Waals surface area contributed by atoms with Crippen molar-refractivity contribution in [1.82, 2.24) is 4.90 Å². The number of aryl methyl sites for hydroxylation is 1. The van der Waals surface area contributed by atoms with Crippen LogP contribution in [0.2, 0.25) is 0 Å². The van der Waals surface area contributed by atoms with E-state index >= 15 is 0 Å². The topological polar surface area (TPSA) is 47.7 Å². The van der Waals surface area contributed by atoms with E-state index in [1.807, 2.05) is 12.1 Å². The van der Waals surface area contributed by atoms with Gasteiger partial charge in [-0.15, -0.1) is 0 Å². The number of rotatable bonds is 6. The molecular formula is C17H28N2O2. The molecule has 0 spiro atoms. The Morgan fingerprint density at radius 3 is 2.76 bits per heavy atom. The summed E-state index contributed by atoms with van der Waals surface area (Å²) in [7, 11) is 3.27. The lowest BCUT2D eigenvalue weighted by Crippen LogP contribution is -2.35. The first kappa shape index (κ1) is 16.0. The van der Waals surface area contributed by atoms with E-state index in [1.165, 1.54) is 38.0 Å². The number of hydrogen-bond acceptors (Lipinski definition) is 4. The molecule has 21 heavy (non-hydrogen) atoms. The number of piperidine rings is 1. The van der Waals surface area contributed by atoms with E-state index in [2.05, 4.69) is 11.8 Å². The highest BCUT2D eigenvalue weighted by molar-refractivity contribution is 5.62. The van der Waals surface area contributed by atoms with Crippen LogP contribution in [0, 0.1) is 5.92 Å². The predicted molar refractivity (Wildman–Crippen MR) is 87.1 cm³/mol. The first-order chi connectivity index (χ1) is 10.1. The van der Waals surface area contributed by atoms with Crippen molar-refractivity contribution in [3.05, 3.63) is 17.7 Å². The number of likely N-dealkylation sites (tertiary alicyclic amines) is 1. The molecule has 0 amide bonds. The molecule has 1 aromatic rings. The number of nitrogens with zero attached hydrogens (tertiary/aromatic N) is 1. The summed E-state index contributed by atoms with van der Waals surface area (Å²) in [6, 6.07) is 4.04. The Morgan fingerprint density at radius 1 is 1.29 bits per heavy atom. The SMILES string of the molecule is COc1cc(CCCN2CCCC(C)C2)cc(N)c1OC. The summed E-state index contributed by atoms with van der Waals surface area (Å²) in [5.41, 5.74) is 7.89. The number of methoxy groups -OCH3 is 2. The molecule has 4 nitrogen and oxygen atoms in total. The molecule has 1 saturated heterocycles. The summed E-state index contributed by atoms with van der Waals surface area (Å²) in [5.74, 6) is 2.20. The summed E-state index contributed by atoms with van der Waals surface area (Å²) in [5, 5.41) is 0. The molecule has 118 valence electrons. The standard InChI is InChI=1S/C17H28N2O2/c1-13-6-4-8-19(12-13)9-5-7-14-10-15(18)17(21-3)16(11-14)20-2/h10-11,13H,4-9,12,18H2,1-3H3. The van der Waals surface area contributed by atoms with E-state index in [9.17, 15) is 0 Å². The van der Waals surface area contributed by atoms with Gasteiger partial charge in [0.15, 0.2) is 11.5 Å². The van der Waals surface area contributed by atoms with Crippen LogP contribution >= 0.6 is 0 Å². The van der Waals surface area contributed by atoms with E-state index in [0.717, 1.165) is 24.5 Å². The van der Waals surface area contributed by atoms with E-state index < -0.39 is 0 Å². The van der Waals surface area contributed by atoms with E-state index in [4.69, 9.17) is 15.2 Å². The maximum absolute atomic E-state index is 6.03. The molecule has 0 saturated carbocycles. The van der Waals surface area contributed by atoms with Crippen molar-refractivity contribution in [3.8, 4) is 11.5 Å². The summed E-state index contributed by atoms with van der Waals surface area (Å²) in [6.45, 7) is 6.01. The minimum atomic E-state index is 0.631. The van der Waals surface area contributed by atoms with Gasteiger partial charge in [-0.25, -0.2) is 0 Å². The fraction of sp³-hybridized carbons (Fsp3) is 0.647. The molecule has 1 unspecified atom stereocenters. The first-order valence-corrected chi connectivity index (χ1v) is 7.86. The van der Waals surface area contributed by atoms with Crippen molar-refractivity contribution in [1.29, 1.82) is 0 Å². The van der Waals surface area contributed by atoms with Crippen molar-refractivity contribution in [2.45, 2.75) is 32.6 Å². The number of benzene rings is 1. The van der Waals surface area contributed by atoms with Crippen molar-refractivity contribution in [2.75, 3.05) is 39.6 Å². The van der Waals surface area contributed by atoms with E-state index in [0.29, 0.717) is 11.4 Å². The van der Waals surface area contributed by atoms with Gasteiger partial charge in [-0.1, -0.05) is 6.92 Å². The third kappa shape index (κ3) is 4.27. The zero-order chi connectivity index (χ0) is 15.2. The van der Waals surface area contributed by atoms with Crippen molar-refractivity contribution in [2.24, 2.45) is 5.92 Å². The Bertz CT molecular complexity index is 462. The number of hydrogen-bond donors (Lipinski definition) is 1. The Kier molecular flexibility index (Phi) is 5.74. The Balaban J connectivity index is 1.89. The third-order valence-corrected chi connectivity index (χ3v) is 4.25. The summed E-state index contributed by atoms with van der Waals surface area (Å²) in [6.07, 6.45) is 4.89. The quantitative estimate of drug-likeness (QED) is 0.819. The molecule has 1 aliphatic rings. The Labute approximate surface area is 128 Å². The molecule has 1 aromatic carbocycles. The molecule has 2 N–H and O–H groups in total. The molecule has 1 aliphatic heterocycles. The Hall–Kier alpha value is -1.42. The van der Waals surface area contributed by atoms with Crippen LogP contribution in [-0.4, -0.2) is 38.8 Å². The highest BCUT2D eigenvalue weighted by Gasteiger charge is 2.16. The van der Waals surface area contributed by atoms with Crippen LogP contribution in [-0.2, 0) is 6.42 Å². The molecule has 1 heterocycles. The van der Waals surface area contributed by atoms with Gasteiger partial charge in [0, 0.05) is 6.54 Å². The fourth-order valence-electron chi connectivity index (χ4n) is 3.19. The van der Waals surface area contributed by atoms with Gasteiger partial charge in [-0.2, -0.15) is 0 Å². The lowest BCUT2D eigenvalue weighted by molar-refractivity contribution is 0.182. The molecule has 0 aliphatic carbocycles. The zero-order valence-electron chi connectivity index (χ0n) is 13.5. The van der Waals surface area contributed by atoms with Crippen LogP contribution in [0.25, 0.3) is 0 Å². The smallest absolute Gasteiger partial charge is 0.183 e. The van der Waals surface area contributed by atoms with Crippen molar-refractivity contribution < 1.29 is 9.47 Å². The lowest BCUT2D eigenvalue weighted by Gasteiger charge is -2.30. The second kappa shape index (κ2) is 7.55. The van der Waals surface area contributed by atoms with Crippen LogP contribution in [0.5, 0.6) is 11.5 Å². The third-order valence-electron chi connectivity index (χ3n) is 4.25. The summed E-state index contributed by atoms with van der Waals surface area (Å²) >= 11 is 0. The van der Waals surface area contributed by atoms with Gasteiger partial charge in [0.2, 0.25) is 0 Å². The number of ether oxygens (including phenoxy) is 2. The number of nitrogens with two attached hydrogens (primary N) is 1. The maximum atomic E-state index is 6.03. The monoisotopic (exact) mass is 292 g/mol. The predicted octanol–water partition coefficient (Wildman–Crippen LogP) is 2.95. The normalized spacial score (nSPS) is 19.5. The highest BCUT2D eigenvalue weighted by atomic mass is 16.5. The second-order valence-electron chi connectivity index (χ2n) is 6.07. The maximum Gasteiger partial charge on any atom is 0.183 e. The molecule has 0 radical (unpaired) electrons. The van der Waals surface area contributed by atoms with Crippen molar-refractivity contribution >= 4 is 5.69 Å². The Morgan fingerprint density at radius 2 is 2.10 bits per heavy atom. The van der Waals surface area contributed by atoms with Gasteiger partial charge >= 0.3 is 0 Å². The van der Waals surface area contributed by atoms with Crippen LogP contribution in [0.1, 0.15) is 31.7 Å². The van der Waals surface area contributed by atoms with Crippen LogP contribution in [0.4, 0.5) is 5.69 Å². The average Bonchev–Trinajstić information content (AvgIpc) is 2.46. The summed E-state index contributed by atoms with van der Waals surface area (Å²) in [4.78, 5) is 2.58. The van der Waals surface area contributed by atoms with Crippen molar-refractivity contribution in [3.63, 3.8) is 0 Å². The fourth-order valence-corrected chi connectivity index (χ4v) is 3.19. The zero-order valence-corrected chi connectivity index (χ0v) is 13.5. The molecule has 0 aromatic heterocycles. The van der Waals surface area contributed by atoms with E-state index in [-0.39, 0.29) is 0 Å². The van der Waals surface area contributed by atoms with Gasteiger partial charge in [0.1, 0.15) is 0 Å². The van der Waals surface area contributed by atoms with Gasteiger partial charge < -0.3 is 20.1 Å². The average molecular weight is 292 g/mol. The van der Waals surface area contributed by atoms with E-state index in [1.54, 1.807) is 14.2 Å². The minimum absolute atomic E-state index is 0.631. The molecule has 0 bridgehead atoms. The molecular weight excluding hydrogens is 264 g/mol. The lowest BCUT2D eigenvalue weighted by atomic mass is 10.00. The molecule has 2 rings (SSSR count). The summed E-state index contributed by atoms with van der Waals surface area (Å²) < 4.78 is 10.6. The minimum Gasteiger partial charge on any atom is -0.493 e. The second-order valence-corrected chi connectivity index (χ2v) is 6.07. The molecule has 1 fully saturated rings. The molecule has 1 atom stereocenters. The van der Waals surface area contributed by atoms with Gasteiger partial charge in [-0.05, 0) is 62.4 Å². The highest BCUT2D eigenvalue weighted by Crippen LogP contribution is 2.34. The number of nitrogen functional groups attached to an aromatic ring is 1. The van der Waals surface area contributed by atoms with Gasteiger partial charge in [0.05, 0.1) is 19.9 Å². The number of anilines is 1. The first-order valence-electron chi connectivity index (χ1n) is 7.86. The van der Waals surface area contributed by atoms with Crippen LogP contribution in [0.3, 0.4) is 0 Å². The molecule has 4 heteroatoms. The van der Waals surface area contributed by atoms with Gasteiger partial charge in [-0.3, -0.25) is 0 Å².